The summed E-state index contributed by atoms with van der Waals surface area (Å²) >= 11 is 0. The second kappa shape index (κ2) is 14.9. The lowest BCUT2D eigenvalue weighted by Crippen LogP contribution is -2.49. The van der Waals surface area contributed by atoms with Crippen molar-refractivity contribution >= 4 is 35.2 Å². The molecule has 0 bridgehead atoms. The summed E-state index contributed by atoms with van der Waals surface area (Å²) in [5, 5.41) is 21.0. The summed E-state index contributed by atoms with van der Waals surface area (Å²) in [6.45, 7) is 5.78. The number of para-hydroxylation sites is 1. The molecule has 3 aromatic rings. The van der Waals surface area contributed by atoms with E-state index in [1.165, 1.54) is 0 Å². The van der Waals surface area contributed by atoms with E-state index < -0.39 is 23.8 Å². The molecule has 5 N–H and O–H groups in total. The van der Waals surface area contributed by atoms with Crippen LogP contribution in [0.25, 0.3) is 0 Å². The van der Waals surface area contributed by atoms with Crippen molar-refractivity contribution < 1.29 is 33.8 Å². The zero-order valence-corrected chi connectivity index (χ0v) is 25.0. The molecule has 4 rings (SSSR count). The van der Waals surface area contributed by atoms with Gasteiger partial charge in [0.2, 0.25) is 18.6 Å². The molecule has 0 radical (unpaired) electrons. The average Bonchev–Trinajstić information content (AvgIpc) is 3.46. The van der Waals surface area contributed by atoms with Gasteiger partial charge in [-0.2, -0.15) is 0 Å². The number of fused-ring (bicyclic) bond motifs is 1. The van der Waals surface area contributed by atoms with Gasteiger partial charge in [0, 0.05) is 17.9 Å². The van der Waals surface area contributed by atoms with Gasteiger partial charge in [0.15, 0.2) is 11.5 Å². The van der Waals surface area contributed by atoms with Crippen molar-refractivity contribution in [2.24, 2.45) is 5.92 Å². The van der Waals surface area contributed by atoms with Crippen molar-refractivity contribution in [3.8, 4) is 11.5 Å². The minimum absolute atomic E-state index is 0.0210. The fraction of sp³-hybridized carbons (Fsp3) is 0.333. The lowest BCUT2D eigenvalue weighted by molar-refractivity contribution is -0.139. The molecule has 0 spiro atoms. The Balaban J connectivity index is 1.31. The summed E-state index contributed by atoms with van der Waals surface area (Å²) in [6.07, 6.45) is 1.18. The van der Waals surface area contributed by atoms with E-state index in [1.54, 1.807) is 42.5 Å². The molecule has 1 aliphatic heterocycles. The zero-order chi connectivity index (χ0) is 31.6. The summed E-state index contributed by atoms with van der Waals surface area (Å²) in [5.41, 5.74) is 3.50. The Morgan fingerprint density at radius 3 is 2.34 bits per heavy atom. The molecule has 0 aliphatic carbocycles. The molecule has 0 aromatic heterocycles. The van der Waals surface area contributed by atoms with Crippen LogP contribution in [0, 0.1) is 5.92 Å². The van der Waals surface area contributed by atoms with Gasteiger partial charge in [0.1, 0.15) is 6.04 Å². The van der Waals surface area contributed by atoms with Crippen LogP contribution < -0.4 is 30.7 Å². The standard InChI is InChI=1S/C33H38N4O7/c1-4-22-7-5-6-8-26(22)37-33(42)35-24-12-9-21(10-13-24)16-30(38)36-27(15-20(2)3)31(39)34-18-25(32(40)41)23-11-14-28-29(17-23)44-19-43-28/h5-14,17,20,25,27H,4,15-16,18-19H2,1-3H3,(H,34,39)(H,36,38)(H,40,41)(H2,35,37,42)/t25-,27+/m1/s1. The maximum Gasteiger partial charge on any atom is 0.323 e. The first kappa shape index (κ1) is 31.9. The van der Waals surface area contributed by atoms with Crippen molar-refractivity contribution in [1.29, 1.82) is 0 Å². The number of carbonyl (C=O) groups excluding carboxylic acids is 3. The van der Waals surface area contributed by atoms with Crippen molar-refractivity contribution in [3.63, 3.8) is 0 Å². The quantitative estimate of drug-likeness (QED) is 0.190. The van der Waals surface area contributed by atoms with E-state index >= 15 is 0 Å². The molecule has 0 saturated heterocycles. The first-order valence-electron chi connectivity index (χ1n) is 14.6. The molecule has 4 amide bonds. The third kappa shape index (κ3) is 8.73. The van der Waals surface area contributed by atoms with Crippen LogP contribution in [0.4, 0.5) is 16.2 Å². The van der Waals surface area contributed by atoms with Crippen molar-refractivity contribution in [1.82, 2.24) is 10.6 Å². The van der Waals surface area contributed by atoms with Gasteiger partial charge >= 0.3 is 12.0 Å². The summed E-state index contributed by atoms with van der Waals surface area (Å²) in [5.74, 6) is -1.85. The number of benzene rings is 3. The first-order valence-corrected chi connectivity index (χ1v) is 14.6. The number of carbonyl (C=O) groups is 4. The van der Waals surface area contributed by atoms with Crippen LogP contribution in [-0.4, -0.2) is 48.3 Å². The monoisotopic (exact) mass is 602 g/mol. The molecule has 0 fully saturated rings. The Morgan fingerprint density at radius 2 is 1.64 bits per heavy atom. The fourth-order valence-electron chi connectivity index (χ4n) is 4.88. The van der Waals surface area contributed by atoms with Crippen LogP contribution >= 0.6 is 0 Å². The predicted molar refractivity (Wildman–Crippen MR) is 166 cm³/mol. The van der Waals surface area contributed by atoms with Gasteiger partial charge in [-0.05, 0) is 65.8 Å². The van der Waals surface area contributed by atoms with Gasteiger partial charge in [-0.15, -0.1) is 0 Å². The van der Waals surface area contributed by atoms with Gasteiger partial charge in [-0.1, -0.05) is 57.2 Å². The highest BCUT2D eigenvalue weighted by atomic mass is 16.7. The van der Waals surface area contributed by atoms with Gasteiger partial charge in [0.25, 0.3) is 0 Å². The normalized spacial score (nSPS) is 13.1. The van der Waals surface area contributed by atoms with E-state index in [9.17, 15) is 24.3 Å². The second-order valence-electron chi connectivity index (χ2n) is 11.0. The number of carboxylic acids is 1. The molecule has 44 heavy (non-hydrogen) atoms. The van der Waals surface area contributed by atoms with Crippen LogP contribution in [0.15, 0.2) is 66.7 Å². The summed E-state index contributed by atoms with van der Waals surface area (Å²) in [7, 11) is 0. The summed E-state index contributed by atoms with van der Waals surface area (Å²) < 4.78 is 10.6. The number of rotatable bonds is 13. The highest BCUT2D eigenvalue weighted by Gasteiger charge is 2.27. The Morgan fingerprint density at radius 1 is 0.909 bits per heavy atom. The van der Waals surface area contributed by atoms with Crippen LogP contribution in [0.1, 0.15) is 49.8 Å². The Hall–Kier alpha value is -5.06. The number of urea groups is 1. The lowest BCUT2D eigenvalue weighted by Gasteiger charge is -2.22. The molecule has 232 valence electrons. The Bertz CT molecular complexity index is 1490. The fourth-order valence-corrected chi connectivity index (χ4v) is 4.88. The van der Waals surface area contributed by atoms with Gasteiger partial charge < -0.3 is 35.8 Å². The van der Waals surface area contributed by atoms with E-state index in [1.807, 2.05) is 45.0 Å². The maximum atomic E-state index is 13.1. The lowest BCUT2D eigenvalue weighted by atomic mass is 9.98. The van der Waals surface area contributed by atoms with E-state index in [4.69, 9.17) is 9.47 Å². The van der Waals surface area contributed by atoms with E-state index in [0.717, 1.165) is 17.7 Å². The summed E-state index contributed by atoms with van der Waals surface area (Å²) in [4.78, 5) is 50.5. The average molecular weight is 603 g/mol. The predicted octanol–water partition coefficient (Wildman–Crippen LogP) is 4.68. The molecule has 0 unspecified atom stereocenters. The minimum atomic E-state index is -1.10. The second-order valence-corrected chi connectivity index (χ2v) is 11.0. The highest BCUT2D eigenvalue weighted by Crippen LogP contribution is 2.34. The molecule has 3 aromatic carbocycles. The molecule has 1 aliphatic rings. The smallest absolute Gasteiger partial charge is 0.323 e. The van der Waals surface area contributed by atoms with Crippen LogP contribution in [-0.2, 0) is 27.2 Å². The topological polar surface area (TPSA) is 155 Å². The number of ether oxygens (including phenoxy) is 2. The number of aryl methyl sites for hydroxylation is 1. The Labute approximate surface area is 256 Å². The molecular weight excluding hydrogens is 564 g/mol. The molecular formula is C33H38N4O7. The third-order valence-corrected chi connectivity index (χ3v) is 7.16. The molecule has 1 heterocycles. The van der Waals surface area contributed by atoms with Crippen molar-refractivity contribution in [2.45, 2.75) is 52.0 Å². The number of hydrogen-bond donors (Lipinski definition) is 5. The number of hydrogen-bond acceptors (Lipinski definition) is 6. The number of carboxylic acid groups (broad SMARTS) is 1. The molecule has 11 heteroatoms. The van der Waals surface area contributed by atoms with Gasteiger partial charge in [0.05, 0.1) is 12.3 Å². The zero-order valence-electron chi connectivity index (χ0n) is 25.0. The number of nitrogens with one attached hydrogen (secondary N) is 4. The van der Waals surface area contributed by atoms with Crippen LogP contribution in [0.5, 0.6) is 11.5 Å². The largest absolute Gasteiger partial charge is 0.481 e. The summed E-state index contributed by atoms with van der Waals surface area (Å²) in [6, 6.07) is 18.1. The minimum Gasteiger partial charge on any atom is -0.481 e. The maximum absolute atomic E-state index is 13.1. The van der Waals surface area contributed by atoms with E-state index in [0.29, 0.717) is 34.7 Å². The van der Waals surface area contributed by atoms with E-state index in [2.05, 4.69) is 21.3 Å². The van der Waals surface area contributed by atoms with Gasteiger partial charge in [-0.25, -0.2) is 4.79 Å². The number of anilines is 2. The number of amides is 4. The van der Waals surface area contributed by atoms with Crippen LogP contribution in [0.3, 0.4) is 0 Å². The van der Waals surface area contributed by atoms with Crippen molar-refractivity contribution in [2.75, 3.05) is 24.0 Å². The molecule has 11 nitrogen and oxygen atoms in total. The first-order chi connectivity index (χ1) is 21.1. The third-order valence-electron chi connectivity index (χ3n) is 7.16. The van der Waals surface area contributed by atoms with Crippen molar-refractivity contribution in [3.05, 3.63) is 83.4 Å². The number of aliphatic carboxylic acids is 1. The highest BCUT2D eigenvalue weighted by molar-refractivity contribution is 6.00. The molecule has 0 saturated carbocycles. The molecule has 2 atom stereocenters. The Kier molecular flexibility index (Phi) is 10.8. The SMILES string of the molecule is CCc1ccccc1NC(=O)Nc1ccc(CC(=O)N[C@@H](CC(C)C)C(=O)NC[C@@H](C(=O)O)c2ccc3c(c2)OCO3)cc1. The van der Waals surface area contributed by atoms with E-state index in [-0.39, 0.29) is 37.6 Å². The van der Waals surface area contributed by atoms with Crippen LogP contribution in [0.2, 0.25) is 0 Å². The van der Waals surface area contributed by atoms with Gasteiger partial charge in [-0.3, -0.25) is 14.4 Å².